The van der Waals surface area contributed by atoms with Crippen molar-refractivity contribution in [2.45, 2.75) is 119 Å². The molecule has 0 aromatic heterocycles. The van der Waals surface area contributed by atoms with E-state index in [1.54, 1.807) is 44.2 Å². The van der Waals surface area contributed by atoms with Crippen LogP contribution in [0.2, 0.25) is 0 Å². The van der Waals surface area contributed by atoms with Gasteiger partial charge in [0.25, 0.3) is 0 Å². The van der Waals surface area contributed by atoms with Gasteiger partial charge in [-0.05, 0) is 62.7 Å². The molecule has 0 unspecified atom stereocenters. The van der Waals surface area contributed by atoms with Gasteiger partial charge < -0.3 is 53.0 Å². The first kappa shape index (κ1) is 56.1. The number of rotatable bonds is 26. The number of aliphatic carboxylic acids is 1. The van der Waals surface area contributed by atoms with Crippen molar-refractivity contribution in [2.24, 2.45) is 23.5 Å². The van der Waals surface area contributed by atoms with Crippen LogP contribution in [0.5, 0.6) is 0 Å². The van der Waals surface area contributed by atoms with Crippen LogP contribution < -0.4 is 43.0 Å². The molecular weight excluding hydrogens is 803 g/mol. The van der Waals surface area contributed by atoms with Gasteiger partial charge in [-0.2, -0.15) is 0 Å². The van der Waals surface area contributed by atoms with E-state index in [0.29, 0.717) is 5.56 Å². The number of nitrogens with zero attached hydrogens (tertiary/aromatic N) is 1. The van der Waals surface area contributed by atoms with Crippen molar-refractivity contribution in [3.63, 3.8) is 0 Å². The topological polar surface area (TPSA) is 287 Å². The molecule has 0 heterocycles. The predicted molar refractivity (Wildman–Crippen MR) is 235 cm³/mol. The lowest BCUT2D eigenvalue weighted by Gasteiger charge is -2.27. The number of nitrogens with one attached hydrogen (secondary N) is 7. The molecule has 5 atom stereocenters. The van der Waals surface area contributed by atoms with Gasteiger partial charge in [-0.3, -0.25) is 38.4 Å². The van der Waals surface area contributed by atoms with Crippen LogP contribution in [0.15, 0.2) is 42.5 Å². The van der Waals surface area contributed by atoms with Crippen molar-refractivity contribution in [3.8, 4) is 0 Å². The SMILES string of the molecule is CC(C)C[C@H](NC(=O)[C@H](C)NC(=O)/C=C/C(=O)NCC(=O)NCC(=O)N[C@@H](Cc1ccccc1)C(=O)O)C(=O)N[C@@H](CC(C)C)C(=O)N[C@H](C(N)=O)C(C)C.CCN(CC)CC. The van der Waals surface area contributed by atoms with Crippen LogP contribution in [-0.2, 0) is 49.6 Å². The Bertz CT molecular complexity index is 1640. The lowest BCUT2D eigenvalue weighted by Crippen LogP contribution is -2.58. The van der Waals surface area contributed by atoms with E-state index in [4.69, 9.17) is 5.73 Å². The number of nitrogens with two attached hydrogens (primary N) is 1. The Balaban J connectivity index is 0.00000486. The van der Waals surface area contributed by atoms with Crippen LogP contribution >= 0.6 is 0 Å². The Hall–Kier alpha value is -5.85. The number of carbonyl (C=O) groups is 9. The average molecular weight is 874 g/mol. The molecule has 0 radical (unpaired) electrons. The molecule has 0 aliphatic carbocycles. The van der Waals surface area contributed by atoms with Gasteiger partial charge in [-0.25, -0.2) is 4.79 Å². The van der Waals surface area contributed by atoms with Gasteiger partial charge in [0, 0.05) is 18.6 Å². The molecule has 0 spiro atoms. The van der Waals surface area contributed by atoms with E-state index in [1.165, 1.54) is 26.6 Å². The smallest absolute Gasteiger partial charge is 0.326 e. The summed E-state index contributed by atoms with van der Waals surface area (Å²) in [5, 5.41) is 26.5. The van der Waals surface area contributed by atoms with Crippen molar-refractivity contribution in [1.29, 1.82) is 0 Å². The molecule has 0 aliphatic rings. The second-order valence-electron chi connectivity index (χ2n) is 15.8. The summed E-state index contributed by atoms with van der Waals surface area (Å²) in [6, 6.07) is 3.20. The van der Waals surface area contributed by atoms with Crippen molar-refractivity contribution < 1.29 is 48.3 Å². The Morgan fingerprint density at radius 1 is 0.613 bits per heavy atom. The second kappa shape index (κ2) is 30.2. The number of benzene rings is 1. The summed E-state index contributed by atoms with van der Waals surface area (Å²) in [6.07, 6.45) is 2.11. The predicted octanol–water partition coefficient (Wildman–Crippen LogP) is 0.128. The van der Waals surface area contributed by atoms with Gasteiger partial charge in [-0.1, -0.05) is 92.6 Å². The summed E-state index contributed by atoms with van der Waals surface area (Å²) in [6.45, 7) is 21.2. The zero-order chi connectivity index (χ0) is 47.5. The van der Waals surface area contributed by atoms with E-state index < -0.39 is 96.5 Å². The van der Waals surface area contributed by atoms with Gasteiger partial charge in [0.15, 0.2) is 0 Å². The maximum atomic E-state index is 13.4. The molecule has 1 aromatic carbocycles. The first-order valence-electron chi connectivity index (χ1n) is 21.1. The fourth-order valence-corrected chi connectivity index (χ4v) is 5.71. The van der Waals surface area contributed by atoms with Crippen molar-refractivity contribution >= 4 is 53.2 Å². The van der Waals surface area contributed by atoms with Crippen LogP contribution in [0.3, 0.4) is 0 Å². The molecule has 19 nitrogen and oxygen atoms in total. The average Bonchev–Trinajstić information content (AvgIpc) is 3.20. The number of hydrogen-bond donors (Lipinski definition) is 9. The molecule has 0 bridgehead atoms. The van der Waals surface area contributed by atoms with E-state index in [2.05, 4.69) is 62.9 Å². The van der Waals surface area contributed by atoms with Crippen molar-refractivity contribution in [2.75, 3.05) is 32.7 Å². The van der Waals surface area contributed by atoms with E-state index in [0.717, 1.165) is 12.2 Å². The monoisotopic (exact) mass is 874 g/mol. The van der Waals surface area contributed by atoms with Crippen LogP contribution in [0, 0.1) is 17.8 Å². The van der Waals surface area contributed by atoms with Gasteiger partial charge in [0.2, 0.25) is 47.3 Å². The third-order valence-corrected chi connectivity index (χ3v) is 9.22. The number of amides is 8. The molecule has 0 saturated carbocycles. The zero-order valence-corrected chi connectivity index (χ0v) is 38.0. The molecule has 19 heteroatoms. The maximum Gasteiger partial charge on any atom is 0.326 e. The fraction of sp³-hybridized carbons (Fsp3) is 0.605. The highest BCUT2D eigenvalue weighted by Gasteiger charge is 2.31. The third kappa shape index (κ3) is 24.4. The number of carbonyl (C=O) groups excluding carboxylic acids is 8. The Morgan fingerprint density at radius 3 is 1.55 bits per heavy atom. The van der Waals surface area contributed by atoms with Crippen molar-refractivity contribution in [1.82, 2.24) is 42.1 Å². The van der Waals surface area contributed by atoms with E-state index in [9.17, 15) is 48.3 Å². The number of carboxylic acids is 1. The Labute approximate surface area is 365 Å². The van der Waals surface area contributed by atoms with Crippen molar-refractivity contribution in [3.05, 3.63) is 48.0 Å². The maximum absolute atomic E-state index is 13.4. The first-order valence-corrected chi connectivity index (χ1v) is 21.1. The Kier molecular flexibility index (Phi) is 27.4. The quantitative estimate of drug-likeness (QED) is 0.0564. The largest absolute Gasteiger partial charge is 0.480 e. The van der Waals surface area contributed by atoms with Crippen LogP contribution in [0.25, 0.3) is 0 Å². The van der Waals surface area contributed by atoms with Crippen LogP contribution in [0.4, 0.5) is 0 Å². The molecule has 348 valence electrons. The first-order chi connectivity index (χ1) is 29.0. The second-order valence-corrected chi connectivity index (χ2v) is 15.8. The van der Waals surface area contributed by atoms with E-state index in [1.807, 2.05) is 27.7 Å². The Morgan fingerprint density at radius 2 is 1.10 bits per heavy atom. The lowest BCUT2D eigenvalue weighted by molar-refractivity contribution is -0.141. The van der Waals surface area contributed by atoms with Gasteiger partial charge in [-0.15, -0.1) is 0 Å². The van der Waals surface area contributed by atoms with Gasteiger partial charge >= 0.3 is 5.97 Å². The molecule has 10 N–H and O–H groups in total. The molecule has 8 amide bonds. The molecule has 0 saturated heterocycles. The lowest BCUT2D eigenvalue weighted by atomic mass is 9.98. The summed E-state index contributed by atoms with van der Waals surface area (Å²) in [4.78, 5) is 114. The van der Waals surface area contributed by atoms with Crippen LogP contribution in [0.1, 0.15) is 87.6 Å². The van der Waals surface area contributed by atoms with Gasteiger partial charge in [0.1, 0.15) is 30.2 Å². The van der Waals surface area contributed by atoms with E-state index >= 15 is 0 Å². The van der Waals surface area contributed by atoms with E-state index in [-0.39, 0.29) is 37.0 Å². The molecule has 62 heavy (non-hydrogen) atoms. The number of primary amides is 1. The summed E-state index contributed by atoms with van der Waals surface area (Å²) in [5.41, 5.74) is 6.13. The minimum Gasteiger partial charge on any atom is -0.480 e. The highest BCUT2D eigenvalue weighted by molar-refractivity contribution is 6.00. The highest BCUT2D eigenvalue weighted by atomic mass is 16.4. The standard InChI is InChI=1S/C37H56N8O10.C6H15N/c1-20(2)15-25(35(52)44-26(16-21(3)4)36(53)45-32(22(5)6)33(38)50)43-34(51)23(7)41-29(47)14-13-28(46)39-18-30(48)40-19-31(49)42-27(37(54)55)17-24-11-9-8-10-12-24;1-4-7(5-2)6-3/h8-14,20-23,25-27,32H,15-19H2,1-7H3,(H2,38,50)(H,39,46)(H,40,48)(H,41,47)(H,42,49)(H,43,51)(H,44,52)(H,45,53)(H,54,55);4-6H2,1-3H3/b14-13+;/t23-,25-,26-,27-,32-;/m0./s1. The highest BCUT2D eigenvalue weighted by Crippen LogP contribution is 2.11. The number of carboxylic acid groups (broad SMARTS) is 1. The zero-order valence-electron chi connectivity index (χ0n) is 38.0. The molecule has 0 aliphatic heterocycles. The fourth-order valence-electron chi connectivity index (χ4n) is 5.71. The normalized spacial score (nSPS) is 13.5. The minimum absolute atomic E-state index is 0.0214. The summed E-state index contributed by atoms with van der Waals surface area (Å²) in [7, 11) is 0. The molecule has 1 aromatic rings. The molecule has 0 fully saturated rings. The molecule has 1 rings (SSSR count). The minimum atomic E-state index is -1.25. The summed E-state index contributed by atoms with van der Waals surface area (Å²) >= 11 is 0. The number of hydrogen-bond acceptors (Lipinski definition) is 10. The summed E-state index contributed by atoms with van der Waals surface area (Å²) in [5.74, 6) is -7.51. The molecular formula is C43H71N9O10. The van der Waals surface area contributed by atoms with Crippen LogP contribution in [-0.4, -0.2) is 126 Å². The summed E-state index contributed by atoms with van der Waals surface area (Å²) < 4.78 is 0. The third-order valence-electron chi connectivity index (χ3n) is 9.22. The van der Waals surface area contributed by atoms with Gasteiger partial charge in [0.05, 0.1) is 13.1 Å².